The standard InChI is InChI=1S/C22H30O3/c1-5-16(6-2)14-19-20(18(7-3)8-4)25-22(24,21(19)23)15-17-12-10-9-11-13-17/h7,9-13,16,24H,5-6,8,14-15H2,1-4H3/b18-7+. The van der Waals surface area contributed by atoms with Crippen LogP contribution in [0.1, 0.15) is 58.9 Å². The van der Waals surface area contributed by atoms with Crippen molar-refractivity contribution in [3.05, 3.63) is 58.9 Å². The molecule has 0 aliphatic carbocycles. The molecule has 25 heavy (non-hydrogen) atoms. The molecule has 0 radical (unpaired) electrons. The molecule has 0 fully saturated rings. The second kappa shape index (κ2) is 8.48. The Labute approximate surface area is 151 Å². The van der Waals surface area contributed by atoms with Crippen molar-refractivity contribution in [1.82, 2.24) is 0 Å². The summed E-state index contributed by atoms with van der Waals surface area (Å²) in [7, 11) is 0. The van der Waals surface area contributed by atoms with Crippen molar-refractivity contribution in [3.63, 3.8) is 0 Å². The van der Waals surface area contributed by atoms with Crippen LogP contribution in [0.25, 0.3) is 0 Å². The van der Waals surface area contributed by atoms with Crippen LogP contribution in [0.2, 0.25) is 0 Å². The molecule has 0 saturated carbocycles. The number of carbonyl (C=O) groups excluding carboxylic acids is 1. The van der Waals surface area contributed by atoms with Crippen LogP contribution in [0, 0.1) is 5.92 Å². The molecule has 0 bridgehead atoms. The van der Waals surface area contributed by atoms with Gasteiger partial charge in [0.25, 0.3) is 5.79 Å². The van der Waals surface area contributed by atoms with Crippen molar-refractivity contribution in [3.8, 4) is 0 Å². The number of Topliss-reactive ketones (excluding diaryl/α,β-unsaturated/α-hetero) is 1. The van der Waals surface area contributed by atoms with Crippen molar-refractivity contribution in [2.75, 3.05) is 0 Å². The first-order valence-corrected chi connectivity index (χ1v) is 9.37. The van der Waals surface area contributed by atoms with Gasteiger partial charge in [-0.2, -0.15) is 0 Å². The fourth-order valence-corrected chi connectivity index (χ4v) is 3.41. The molecule has 1 N–H and O–H groups in total. The second-order valence-corrected chi connectivity index (χ2v) is 6.74. The molecule has 1 aliphatic heterocycles. The smallest absolute Gasteiger partial charge is 0.276 e. The van der Waals surface area contributed by atoms with E-state index >= 15 is 0 Å². The summed E-state index contributed by atoms with van der Waals surface area (Å²) in [4.78, 5) is 13.1. The molecular formula is C22H30O3. The highest BCUT2D eigenvalue weighted by Crippen LogP contribution is 2.39. The van der Waals surface area contributed by atoms with E-state index in [1.807, 2.05) is 50.3 Å². The largest absolute Gasteiger partial charge is 0.454 e. The third-order valence-corrected chi connectivity index (χ3v) is 5.13. The Bertz CT molecular complexity index is 653. The molecule has 136 valence electrons. The maximum atomic E-state index is 13.1. The molecule has 1 aromatic rings. The monoisotopic (exact) mass is 342 g/mol. The number of hydrogen-bond donors (Lipinski definition) is 1. The fourth-order valence-electron chi connectivity index (χ4n) is 3.41. The molecule has 0 aromatic heterocycles. The van der Waals surface area contributed by atoms with Gasteiger partial charge in [0.1, 0.15) is 5.76 Å². The van der Waals surface area contributed by atoms with Crippen LogP contribution < -0.4 is 0 Å². The molecule has 1 atom stereocenters. The zero-order valence-electron chi connectivity index (χ0n) is 15.8. The Kier molecular flexibility index (Phi) is 6.60. The van der Waals surface area contributed by atoms with Gasteiger partial charge < -0.3 is 9.84 Å². The summed E-state index contributed by atoms with van der Waals surface area (Å²) in [6.07, 6.45) is 5.60. The summed E-state index contributed by atoms with van der Waals surface area (Å²) in [5.41, 5.74) is 2.53. The number of hydrogen-bond acceptors (Lipinski definition) is 3. The normalized spacial score (nSPS) is 21.2. The summed E-state index contributed by atoms with van der Waals surface area (Å²) in [6.45, 7) is 8.27. The van der Waals surface area contributed by atoms with Gasteiger partial charge >= 0.3 is 0 Å². The highest BCUT2D eigenvalue weighted by Gasteiger charge is 2.48. The van der Waals surface area contributed by atoms with Crippen molar-refractivity contribution in [2.45, 2.75) is 65.6 Å². The zero-order chi connectivity index (χ0) is 18.4. The lowest BCUT2D eigenvalue weighted by Gasteiger charge is -2.22. The van der Waals surface area contributed by atoms with E-state index in [2.05, 4.69) is 13.8 Å². The van der Waals surface area contributed by atoms with E-state index in [9.17, 15) is 9.90 Å². The molecule has 3 heteroatoms. The molecule has 0 spiro atoms. The Balaban J connectivity index is 2.36. The maximum absolute atomic E-state index is 13.1. The van der Waals surface area contributed by atoms with E-state index in [1.165, 1.54) is 0 Å². The lowest BCUT2D eigenvalue weighted by molar-refractivity contribution is -0.176. The molecular weight excluding hydrogens is 312 g/mol. The van der Waals surface area contributed by atoms with Gasteiger partial charge in [-0.05, 0) is 36.8 Å². The highest BCUT2D eigenvalue weighted by molar-refractivity contribution is 6.04. The van der Waals surface area contributed by atoms with Gasteiger partial charge in [0.05, 0.1) is 0 Å². The third kappa shape index (κ3) is 4.21. The van der Waals surface area contributed by atoms with Crippen LogP contribution in [0.15, 0.2) is 53.3 Å². The van der Waals surface area contributed by atoms with Gasteiger partial charge in [0.15, 0.2) is 0 Å². The highest BCUT2D eigenvalue weighted by atomic mass is 16.6. The number of allylic oxidation sites excluding steroid dienone is 2. The summed E-state index contributed by atoms with van der Waals surface area (Å²) >= 11 is 0. The summed E-state index contributed by atoms with van der Waals surface area (Å²) in [5.74, 6) is -1.04. The fraction of sp³-hybridized carbons (Fsp3) is 0.500. The number of benzene rings is 1. The first-order valence-electron chi connectivity index (χ1n) is 9.37. The van der Waals surface area contributed by atoms with E-state index in [1.54, 1.807) is 0 Å². The van der Waals surface area contributed by atoms with E-state index in [0.717, 1.165) is 30.4 Å². The molecule has 3 nitrogen and oxygen atoms in total. The Morgan fingerprint density at radius 3 is 2.36 bits per heavy atom. The third-order valence-electron chi connectivity index (χ3n) is 5.13. The molecule has 0 amide bonds. The van der Waals surface area contributed by atoms with Crippen LogP contribution in [0.4, 0.5) is 0 Å². The predicted octanol–water partition coefficient (Wildman–Crippen LogP) is 4.95. The summed E-state index contributed by atoms with van der Waals surface area (Å²) in [6, 6.07) is 9.54. The minimum atomic E-state index is -1.79. The Hall–Kier alpha value is -1.87. The quantitative estimate of drug-likeness (QED) is 0.727. The summed E-state index contributed by atoms with van der Waals surface area (Å²) in [5, 5.41) is 11.0. The van der Waals surface area contributed by atoms with Gasteiger partial charge in [0.2, 0.25) is 5.78 Å². The van der Waals surface area contributed by atoms with E-state index in [4.69, 9.17) is 4.74 Å². The van der Waals surface area contributed by atoms with Gasteiger partial charge in [-0.15, -0.1) is 0 Å². The number of aliphatic hydroxyl groups is 1. The van der Waals surface area contributed by atoms with Crippen LogP contribution in [0.5, 0.6) is 0 Å². The average Bonchev–Trinajstić information content (AvgIpc) is 2.86. The van der Waals surface area contributed by atoms with Gasteiger partial charge in [-0.3, -0.25) is 4.79 Å². The van der Waals surface area contributed by atoms with Gasteiger partial charge in [-0.25, -0.2) is 0 Å². The lowest BCUT2D eigenvalue weighted by atomic mass is 9.88. The second-order valence-electron chi connectivity index (χ2n) is 6.74. The molecule has 1 heterocycles. The van der Waals surface area contributed by atoms with E-state index in [0.29, 0.717) is 23.7 Å². The topological polar surface area (TPSA) is 46.5 Å². The molecule has 0 saturated heterocycles. The lowest BCUT2D eigenvalue weighted by Crippen LogP contribution is -2.40. The van der Waals surface area contributed by atoms with Crippen molar-refractivity contribution in [1.29, 1.82) is 0 Å². The van der Waals surface area contributed by atoms with Gasteiger partial charge in [-0.1, -0.05) is 70.0 Å². The molecule has 1 aromatic carbocycles. The number of ketones is 1. The molecule has 1 unspecified atom stereocenters. The van der Waals surface area contributed by atoms with Crippen molar-refractivity contribution >= 4 is 5.78 Å². The number of ether oxygens (including phenoxy) is 1. The summed E-state index contributed by atoms with van der Waals surface area (Å²) < 4.78 is 5.93. The van der Waals surface area contributed by atoms with Crippen LogP contribution in [-0.2, 0) is 16.0 Å². The average molecular weight is 342 g/mol. The Morgan fingerprint density at radius 1 is 1.20 bits per heavy atom. The van der Waals surface area contributed by atoms with Crippen molar-refractivity contribution in [2.24, 2.45) is 5.92 Å². The Morgan fingerprint density at radius 2 is 1.84 bits per heavy atom. The van der Waals surface area contributed by atoms with Crippen LogP contribution >= 0.6 is 0 Å². The number of carbonyl (C=O) groups is 1. The molecule has 1 aliphatic rings. The van der Waals surface area contributed by atoms with Gasteiger partial charge in [0, 0.05) is 12.0 Å². The van der Waals surface area contributed by atoms with E-state index < -0.39 is 5.79 Å². The van der Waals surface area contributed by atoms with Crippen LogP contribution in [-0.4, -0.2) is 16.7 Å². The minimum Gasteiger partial charge on any atom is -0.454 e. The predicted molar refractivity (Wildman–Crippen MR) is 101 cm³/mol. The minimum absolute atomic E-state index is 0.170. The van der Waals surface area contributed by atoms with Crippen LogP contribution in [0.3, 0.4) is 0 Å². The SMILES string of the molecule is C/C=C(\CC)C1=C(CC(CC)CC)C(=O)C(O)(Cc2ccccc2)O1. The number of rotatable bonds is 8. The van der Waals surface area contributed by atoms with Crippen molar-refractivity contribution < 1.29 is 14.6 Å². The maximum Gasteiger partial charge on any atom is 0.276 e. The molecule has 2 rings (SSSR count). The van der Waals surface area contributed by atoms with E-state index in [-0.39, 0.29) is 12.2 Å². The first-order chi connectivity index (χ1) is 12.0. The zero-order valence-corrected chi connectivity index (χ0v) is 15.8. The first kappa shape index (κ1) is 19.5.